The van der Waals surface area contributed by atoms with Crippen molar-refractivity contribution in [2.75, 3.05) is 13.2 Å². The Hall–Kier alpha value is -1.75. The number of nitrogens with one attached hydrogen (secondary N) is 1. The number of phenolic OH excluding ortho intramolecular Hbond substituents is 1. The third kappa shape index (κ3) is 4.32. The van der Waals surface area contributed by atoms with E-state index in [1.54, 1.807) is 18.2 Å². The zero-order chi connectivity index (χ0) is 12.7. The van der Waals surface area contributed by atoms with E-state index in [0.29, 0.717) is 6.42 Å². The minimum absolute atomic E-state index is 0.00509. The summed E-state index contributed by atoms with van der Waals surface area (Å²) in [7, 11) is 0. The number of hydrogen-bond acceptors (Lipinski definition) is 4. The molecule has 1 rings (SSSR count). The number of aliphatic hydroxyl groups excluding tert-OH is 1. The van der Waals surface area contributed by atoms with Crippen LogP contribution in [0, 0.1) is 0 Å². The number of aliphatic hydroxyl groups is 1. The Morgan fingerprint density at radius 2 is 2.18 bits per heavy atom. The Morgan fingerprint density at radius 3 is 2.76 bits per heavy atom. The molecule has 94 valence electrons. The van der Waals surface area contributed by atoms with Gasteiger partial charge in [0.25, 0.3) is 5.91 Å². The summed E-state index contributed by atoms with van der Waals surface area (Å²) >= 11 is 0. The van der Waals surface area contributed by atoms with E-state index in [4.69, 9.17) is 9.84 Å². The second-order valence-electron chi connectivity index (χ2n) is 3.61. The van der Waals surface area contributed by atoms with E-state index in [1.807, 2.05) is 6.92 Å². The van der Waals surface area contributed by atoms with Crippen LogP contribution in [0.25, 0.3) is 0 Å². The maximum absolute atomic E-state index is 11.4. The molecular formula is C12H17NO4. The second-order valence-corrected chi connectivity index (χ2v) is 3.61. The molecule has 1 aromatic rings. The highest BCUT2D eigenvalue weighted by Gasteiger charge is 2.10. The van der Waals surface area contributed by atoms with Crippen molar-refractivity contribution in [3.8, 4) is 11.5 Å². The molecule has 0 saturated carbocycles. The maximum Gasteiger partial charge on any atom is 0.258 e. The summed E-state index contributed by atoms with van der Waals surface area (Å²) in [6.07, 6.45) is 0.652. The van der Waals surface area contributed by atoms with Gasteiger partial charge < -0.3 is 20.3 Å². The molecule has 0 heterocycles. The van der Waals surface area contributed by atoms with Crippen LogP contribution in [0.2, 0.25) is 0 Å². The summed E-state index contributed by atoms with van der Waals surface area (Å²) in [5.41, 5.74) is 0. The average molecular weight is 239 g/mol. The number of amides is 1. The number of carbonyl (C=O) groups excluding carboxylic acids is 1. The molecular weight excluding hydrogens is 222 g/mol. The zero-order valence-corrected chi connectivity index (χ0v) is 9.72. The van der Waals surface area contributed by atoms with E-state index < -0.39 is 0 Å². The lowest BCUT2D eigenvalue weighted by Crippen LogP contribution is -2.39. The van der Waals surface area contributed by atoms with Gasteiger partial charge in [-0.05, 0) is 18.6 Å². The third-order valence-corrected chi connectivity index (χ3v) is 2.30. The Labute approximate surface area is 100 Å². The van der Waals surface area contributed by atoms with Gasteiger partial charge in [-0.3, -0.25) is 4.79 Å². The van der Waals surface area contributed by atoms with Gasteiger partial charge in [0, 0.05) is 0 Å². The molecule has 0 aliphatic heterocycles. The van der Waals surface area contributed by atoms with Crippen molar-refractivity contribution in [2.24, 2.45) is 0 Å². The van der Waals surface area contributed by atoms with Crippen LogP contribution in [-0.4, -0.2) is 35.4 Å². The van der Waals surface area contributed by atoms with E-state index in [-0.39, 0.29) is 36.7 Å². The monoisotopic (exact) mass is 239 g/mol. The number of rotatable bonds is 6. The van der Waals surface area contributed by atoms with E-state index in [9.17, 15) is 9.90 Å². The molecule has 0 saturated heterocycles. The largest absolute Gasteiger partial charge is 0.504 e. The smallest absolute Gasteiger partial charge is 0.258 e. The molecule has 1 atom stereocenters. The van der Waals surface area contributed by atoms with Gasteiger partial charge in [-0.1, -0.05) is 19.1 Å². The number of ether oxygens (including phenoxy) is 1. The minimum atomic E-state index is -0.325. The molecule has 0 aliphatic rings. The van der Waals surface area contributed by atoms with E-state index in [1.165, 1.54) is 6.07 Å². The minimum Gasteiger partial charge on any atom is -0.504 e. The molecule has 3 N–H and O–H groups in total. The first-order valence-electron chi connectivity index (χ1n) is 5.48. The van der Waals surface area contributed by atoms with Gasteiger partial charge in [0.1, 0.15) is 0 Å². The number of phenols is 1. The van der Waals surface area contributed by atoms with Crippen LogP contribution in [-0.2, 0) is 4.79 Å². The predicted molar refractivity (Wildman–Crippen MR) is 62.9 cm³/mol. The van der Waals surface area contributed by atoms with Gasteiger partial charge >= 0.3 is 0 Å². The lowest BCUT2D eigenvalue weighted by Gasteiger charge is -2.14. The molecule has 5 heteroatoms. The highest BCUT2D eigenvalue weighted by molar-refractivity contribution is 5.77. The molecule has 0 bridgehead atoms. The molecule has 0 radical (unpaired) electrons. The van der Waals surface area contributed by atoms with Crippen molar-refractivity contribution in [3.63, 3.8) is 0 Å². The second kappa shape index (κ2) is 6.75. The number of carbonyl (C=O) groups is 1. The van der Waals surface area contributed by atoms with Crippen LogP contribution < -0.4 is 10.1 Å². The molecule has 17 heavy (non-hydrogen) atoms. The summed E-state index contributed by atoms with van der Waals surface area (Å²) in [6, 6.07) is 6.17. The maximum atomic E-state index is 11.4. The Kier molecular flexibility index (Phi) is 5.29. The van der Waals surface area contributed by atoms with E-state index >= 15 is 0 Å². The van der Waals surface area contributed by atoms with Crippen molar-refractivity contribution in [1.29, 1.82) is 0 Å². The van der Waals surface area contributed by atoms with Crippen LogP contribution in [0.5, 0.6) is 11.5 Å². The molecule has 0 fully saturated rings. The molecule has 1 aromatic carbocycles. The lowest BCUT2D eigenvalue weighted by molar-refractivity contribution is -0.124. The van der Waals surface area contributed by atoms with Gasteiger partial charge in [-0.15, -0.1) is 0 Å². The lowest BCUT2D eigenvalue weighted by atomic mass is 10.2. The fourth-order valence-corrected chi connectivity index (χ4v) is 1.27. The summed E-state index contributed by atoms with van der Waals surface area (Å²) < 4.78 is 5.14. The third-order valence-electron chi connectivity index (χ3n) is 2.30. The van der Waals surface area contributed by atoms with Crippen molar-refractivity contribution >= 4 is 5.91 Å². The summed E-state index contributed by atoms with van der Waals surface area (Å²) in [5, 5.41) is 20.9. The topological polar surface area (TPSA) is 78.8 Å². The first-order chi connectivity index (χ1) is 8.17. The molecule has 5 nitrogen and oxygen atoms in total. The van der Waals surface area contributed by atoms with Gasteiger partial charge in [0.15, 0.2) is 18.1 Å². The predicted octanol–water partition coefficient (Wildman–Crippen LogP) is 0.658. The quantitative estimate of drug-likeness (QED) is 0.681. The Balaban J connectivity index is 2.41. The fraction of sp³-hybridized carbons (Fsp3) is 0.417. The van der Waals surface area contributed by atoms with Gasteiger partial charge in [-0.25, -0.2) is 0 Å². The van der Waals surface area contributed by atoms with Gasteiger partial charge in [0.05, 0.1) is 12.6 Å². The molecule has 0 aliphatic carbocycles. The average Bonchev–Trinajstić information content (AvgIpc) is 2.35. The summed E-state index contributed by atoms with van der Waals surface area (Å²) in [6.45, 7) is 1.58. The fourth-order valence-electron chi connectivity index (χ4n) is 1.27. The Bertz CT molecular complexity index is 363. The van der Waals surface area contributed by atoms with Crippen molar-refractivity contribution in [2.45, 2.75) is 19.4 Å². The normalized spacial score (nSPS) is 11.9. The number of benzene rings is 1. The molecule has 0 spiro atoms. The number of hydrogen-bond donors (Lipinski definition) is 3. The highest BCUT2D eigenvalue weighted by Crippen LogP contribution is 2.23. The van der Waals surface area contributed by atoms with Gasteiger partial charge in [-0.2, -0.15) is 0 Å². The van der Waals surface area contributed by atoms with Crippen LogP contribution in [0.3, 0.4) is 0 Å². The molecule has 0 unspecified atom stereocenters. The first-order valence-corrected chi connectivity index (χ1v) is 5.48. The van der Waals surface area contributed by atoms with Crippen molar-refractivity contribution in [3.05, 3.63) is 24.3 Å². The zero-order valence-electron chi connectivity index (χ0n) is 9.72. The Morgan fingerprint density at radius 1 is 1.47 bits per heavy atom. The number of para-hydroxylation sites is 2. The van der Waals surface area contributed by atoms with Crippen molar-refractivity contribution in [1.82, 2.24) is 5.32 Å². The highest BCUT2D eigenvalue weighted by atomic mass is 16.5. The van der Waals surface area contributed by atoms with Crippen molar-refractivity contribution < 1.29 is 19.7 Å². The SMILES string of the molecule is CC[C@@H](CO)NC(=O)COc1ccccc1O. The standard InChI is InChI=1S/C12H17NO4/c1-2-9(7-14)13-12(16)8-17-11-6-4-3-5-10(11)15/h3-6,9,14-15H,2,7-8H2,1H3,(H,13,16)/t9-/m0/s1. The van der Waals surface area contributed by atoms with Gasteiger partial charge in [0.2, 0.25) is 0 Å². The summed E-state index contributed by atoms with van der Waals surface area (Å²) in [4.78, 5) is 11.4. The molecule has 1 amide bonds. The first kappa shape index (κ1) is 13.3. The summed E-state index contributed by atoms with van der Waals surface area (Å²) in [5.74, 6) is -0.0663. The van der Waals surface area contributed by atoms with Crippen LogP contribution in [0.1, 0.15) is 13.3 Å². The number of aromatic hydroxyl groups is 1. The van der Waals surface area contributed by atoms with E-state index in [2.05, 4.69) is 5.32 Å². The van der Waals surface area contributed by atoms with Crippen LogP contribution in [0.4, 0.5) is 0 Å². The van der Waals surface area contributed by atoms with Crippen LogP contribution >= 0.6 is 0 Å². The molecule has 0 aromatic heterocycles. The van der Waals surface area contributed by atoms with E-state index in [0.717, 1.165) is 0 Å². The van der Waals surface area contributed by atoms with Crippen LogP contribution in [0.15, 0.2) is 24.3 Å².